The van der Waals surface area contributed by atoms with Crippen LogP contribution >= 0.6 is 15.9 Å². The van der Waals surface area contributed by atoms with Crippen molar-refractivity contribution in [2.45, 2.75) is 6.54 Å². The zero-order chi connectivity index (χ0) is 13.0. The van der Waals surface area contributed by atoms with Gasteiger partial charge in [0.05, 0.1) is 12.8 Å². The second-order valence-corrected chi connectivity index (χ2v) is 4.69. The molecule has 1 aromatic heterocycles. The molecular weight excluding hydrogens is 294 g/mol. The van der Waals surface area contributed by atoms with Gasteiger partial charge in [-0.2, -0.15) is 4.98 Å². The fourth-order valence-corrected chi connectivity index (χ4v) is 1.76. The summed E-state index contributed by atoms with van der Waals surface area (Å²) in [7, 11) is 1.58. The number of ether oxygens (including phenoxy) is 1. The molecular formula is C13H14BrN3O. The third kappa shape index (κ3) is 3.13. The van der Waals surface area contributed by atoms with Gasteiger partial charge in [0, 0.05) is 17.1 Å². The molecule has 0 fully saturated rings. The minimum absolute atomic E-state index is 0.544. The fourth-order valence-electron chi connectivity index (χ4n) is 1.50. The van der Waals surface area contributed by atoms with E-state index in [1.807, 2.05) is 24.3 Å². The highest BCUT2D eigenvalue weighted by atomic mass is 79.9. The fraction of sp³-hybridized carbons (Fsp3) is 0.154. The monoisotopic (exact) mass is 307 g/mol. The van der Waals surface area contributed by atoms with Gasteiger partial charge in [0.15, 0.2) is 5.82 Å². The molecule has 94 valence electrons. The van der Waals surface area contributed by atoms with Crippen LogP contribution in [0, 0.1) is 0 Å². The van der Waals surface area contributed by atoms with Gasteiger partial charge in [0.2, 0.25) is 5.88 Å². The van der Waals surface area contributed by atoms with Gasteiger partial charge in [-0.1, -0.05) is 28.1 Å². The lowest BCUT2D eigenvalue weighted by Gasteiger charge is -2.09. The number of nitrogen functional groups attached to an aromatic ring is 1. The number of benzene rings is 1. The third-order valence-electron chi connectivity index (χ3n) is 2.48. The molecule has 0 radical (unpaired) electrons. The number of hydrogen-bond donors (Lipinski definition) is 2. The van der Waals surface area contributed by atoms with E-state index in [0.29, 0.717) is 23.9 Å². The molecule has 3 N–H and O–H groups in total. The van der Waals surface area contributed by atoms with Gasteiger partial charge in [0.1, 0.15) is 0 Å². The maximum atomic E-state index is 5.84. The molecule has 2 rings (SSSR count). The Labute approximate surface area is 114 Å². The van der Waals surface area contributed by atoms with Crippen LogP contribution in [-0.4, -0.2) is 12.1 Å². The van der Waals surface area contributed by atoms with E-state index in [2.05, 4.69) is 26.2 Å². The summed E-state index contributed by atoms with van der Waals surface area (Å²) < 4.78 is 6.13. The summed E-state index contributed by atoms with van der Waals surface area (Å²) in [5, 5.41) is 3.19. The van der Waals surface area contributed by atoms with Crippen molar-refractivity contribution < 1.29 is 4.74 Å². The normalized spacial score (nSPS) is 10.1. The number of rotatable bonds is 4. The standard InChI is InChI=1S/C13H14BrN3O/c1-18-12-7-6-11(15)13(17-12)16-8-9-2-4-10(14)5-3-9/h2-7H,8,15H2,1H3,(H,16,17). The molecule has 4 nitrogen and oxygen atoms in total. The van der Waals surface area contributed by atoms with Crippen molar-refractivity contribution >= 4 is 27.4 Å². The van der Waals surface area contributed by atoms with Crippen molar-refractivity contribution in [2.24, 2.45) is 0 Å². The molecule has 0 amide bonds. The van der Waals surface area contributed by atoms with Gasteiger partial charge < -0.3 is 15.8 Å². The average molecular weight is 308 g/mol. The number of hydrogen-bond acceptors (Lipinski definition) is 4. The Morgan fingerprint density at radius 3 is 2.61 bits per heavy atom. The lowest BCUT2D eigenvalue weighted by atomic mass is 10.2. The maximum absolute atomic E-state index is 5.84. The summed E-state index contributed by atoms with van der Waals surface area (Å²) in [6.45, 7) is 0.664. The van der Waals surface area contributed by atoms with Gasteiger partial charge in [-0.3, -0.25) is 0 Å². The summed E-state index contributed by atoms with van der Waals surface area (Å²) in [5.41, 5.74) is 7.60. The highest BCUT2D eigenvalue weighted by Crippen LogP contribution is 2.20. The Balaban J connectivity index is 2.07. The van der Waals surface area contributed by atoms with Crippen molar-refractivity contribution in [1.82, 2.24) is 4.98 Å². The molecule has 0 saturated heterocycles. The van der Waals surface area contributed by atoms with Gasteiger partial charge in [-0.05, 0) is 23.8 Å². The predicted octanol–water partition coefficient (Wildman–Crippen LogP) is 3.05. The Morgan fingerprint density at radius 2 is 1.94 bits per heavy atom. The van der Waals surface area contributed by atoms with Crippen LogP contribution in [0.2, 0.25) is 0 Å². The summed E-state index contributed by atoms with van der Waals surface area (Å²) in [4.78, 5) is 4.26. The van der Waals surface area contributed by atoms with E-state index >= 15 is 0 Å². The lowest BCUT2D eigenvalue weighted by Crippen LogP contribution is -2.05. The van der Waals surface area contributed by atoms with E-state index in [4.69, 9.17) is 10.5 Å². The summed E-state index contributed by atoms with van der Waals surface area (Å²) in [6, 6.07) is 11.6. The largest absolute Gasteiger partial charge is 0.481 e. The molecule has 0 unspecified atom stereocenters. The first-order valence-corrected chi connectivity index (χ1v) is 6.27. The van der Waals surface area contributed by atoms with Crippen molar-refractivity contribution in [3.8, 4) is 5.88 Å². The SMILES string of the molecule is COc1ccc(N)c(NCc2ccc(Br)cc2)n1. The third-order valence-corrected chi connectivity index (χ3v) is 3.01. The molecule has 18 heavy (non-hydrogen) atoms. The molecule has 0 atom stereocenters. The molecule has 1 heterocycles. The zero-order valence-corrected chi connectivity index (χ0v) is 11.6. The summed E-state index contributed by atoms with van der Waals surface area (Å²) in [5.74, 6) is 1.18. The van der Waals surface area contributed by atoms with Crippen LogP contribution in [0.1, 0.15) is 5.56 Å². The Morgan fingerprint density at radius 1 is 1.22 bits per heavy atom. The Hall–Kier alpha value is -1.75. The minimum Gasteiger partial charge on any atom is -0.481 e. The number of nitrogens with one attached hydrogen (secondary N) is 1. The minimum atomic E-state index is 0.544. The van der Waals surface area contributed by atoms with E-state index < -0.39 is 0 Å². The van der Waals surface area contributed by atoms with Crippen LogP contribution in [-0.2, 0) is 6.54 Å². The molecule has 1 aromatic carbocycles. The van der Waals surface area contributed by atoms with E-state index in [0.717, 1.165) is 10.0 Å². The van der Waals surface area contributed by atoms with Crippen LogP contribution in [0.5, 0.6) is 5.88 Å². The molecule has 0 aliphatic heterocycles. The highest BCUT2D eigenvalue weighted by Gasteiger charge is 2.03. The predicted molar refractivity (Wildman–Crippen MR) is 76.7 cm³/mol. The Kier molecular flexibility index (Phi) is 4.04. The number of aromatic nitrogens is 1. The number of pyridine rings is 1. The van der Waals surface area contributed by atoms with Crippen molar-refractivity contribution in [1.29, 1.82) is 0 Å². The topological polar surface area (TPSA) is 60.2 Å². The smallest absolute Gasteiger partial charge is 0.215 e. The second kappa shape index (κ2) is 5.73. The van der Waals surface area contributed by atoms with Crippen LogP contribution in [0.4, 0.5) is 11.5 Å². The second-order valence-electron chi connectivity index (χ2n) is 3.77. The molecule has 0 bridgehead atoms. The van der Waals surface area contributed by atoms with E-state index in [9.17, 15) is 0 Å². The van der Waals surface area contributed by atoms with Crippen LogP contribution in [0.3, 0.4) is 0 Å². The van der Waals surface area contributed by atoms with Gasteiger partial charge in [-0.15, -0.1) is 0 Å². The van der Waals surface area contributed by atoms with Gasteiger partial charge >= 0.3 is 0 Å². The molecule has 0 aliphatic rings. The highest BCUT2D eigenvalue weighted by molar-refractivity contribution is 9.10. The van der Waals surface area contributed by atoms with E-state index in [-0.39, 0.29) is 0 Å². The first kappa shape index (κ1) is 12.7. The molecule has 0 aliphatic carbocycles. The van der Waals surface area contributed by atoms with Gasteiger partial charge in [-0.25, -0.2) is 0 Å². The lowest BCUT2D eigenvalue weighted by molar-refractivity contribution is 0.398. The van der Waals surface area contributed by atoms with Crippen LogP contribution in [0.15, 0.2) is 40.9 Å². The van der Waals surface area contributed by atoms with Crippen molar-refractivity contribution in [3.63, 3.8) is 0 Å². The molecule has 2 aromatic rings. The number of nitrogens with two attached hydrogens (primary N) is 1. The molecule has 0 spiro atoms. The number of anilines is 2. The van der Waals surface area contributed by atoms with E-state index in [1.54, 1.807) is 19.2 Å². The maximum Gasteiger partial charge on any atom is 0.215 e. The zero-order valence-electron chi connectivity index (χ0n) is 9.98. The Bertz CT molecular complexity index is 528. The number of nitrogens with zero attached hydrogens (tertiary/aromatic N) is 1. The van der Waals surface area contributed by atoms with Crippen molar-refractivity contribution in [2.75, 3.05) is 18.2 Å². The first-order chi connectivity index (χ1) is 8.69. The van der Waals surface area contributed by atoms with Gasteiger partial charge in [0.25, 0.3) is 0 Å². The summed E-state index contributed by atoms with van der Waals surface area (Å²) >= 11 is 3.40. The quantitative estimate of drug-likeness (QED) is 0.911. The molecule has 0 saturated carbocycles. The number of halogens is 1. The van der Waals surface area contributed by atoms with Crippen molar-refractivity contribution in [3.05, 3.63) is 46.4 Å². The van der Waals surface area contributed by atoms with Crippen LogP contribution in [0.25, 0.3) is 0 Å². The van der Waals surface area contributed by atoms with E-state index in [1.165, 1.54) is 0 Å². The number of methoxy groups -OCH3 is 1. The first-order valence-electron chi connectivity index (χ1n) is 5.48. The summed E-state index contributed by atoms with van der Waals surface area (Å²) in [6.07, 6.45) is 0. The molecule has 5 heteroatoms. The van der Waals surface area contributed by atoms with Crippen LogP contribution < -0.4 is 15.8 Å². The average Bonchev–Trinajstić information content (AvgIpc) is 2.40.